The van der Waals surface area contributed by atoms with Gasteiger partial charge in [0, 0.05) is 6.54 Å². The molecule has 2 aromatic heterocycles. The molecule has 3 aromatic rings. The molecule has 13 nitrogen and oxygen atoms in total. The number of hydrogen-bond acceptors (Lipinski definition) is 11. The zero-order chi connectivity index (χ0) is 21.9. The van der Waals surface area contributed by atoms with E-state index in [1.165, 1.54) is 17.3 Å². The largest absolute Gasteiger partial charge is 0.454 e. The SMILES string of the molecule is Nc1nonc1-n1nnc(C(=O)NN=Cc2ccc3c(c2)OCO3)c1CN1CCCCC1. The van der Waals surface area contributed by atoms with Gasteiger partial charge in [-0.05, 0) is 60.0 Å². The highest BCUT2D eigenvalue weighted by atomic mass is 16.7. The first-order valence-corrected chi connectivity index (χ1v) is 10.2. The molecule has 1 saturated heterocycles. The van der Waals surface area contributed by atoms with E-state index in [0.717, 1.165) is 31.5 Å². The third kappa shape index (κ3) is 3.97. The average Bonchev–Trinajstić information content (AvgIpc) is 3.54. The predicted octanol–water partition coefficient (Wildman–Crippen LogP) is 0.711. The first-order chi connectivity index (χ1) is 15.7. The predicted molar refractivity (Wildman–Crippen MR) is 110 cm³/mol. The Kier molecular flexibility index (Phi) is 5.37. The minimum absolute atomic E-state index is 0.0579. The number of carbonyl (C=O) groups is 1. The number of rotatable bonds is 6. The van der Waals surface area contributed by atoms with Crippen LogP contribution in [0.25, 0.3) is 5.82 Å². The van der Waals surface area contributed by atoms with Crippen LogP contribution in [0.4, 0.5) is 5.82 Å². The topological polar surface area (TPSA) is 159 Å². The molecule has 1 aromatic carbocycles. The maximum atomic E-state index is 12.9. The molecule has 0 saturated carbocycles. The summed E-state index contributed by atoms with van der Waals surface area (Å²) in [6.45, 7) is 2.48. The Bertz CT molecular complexity index is 1150. The number of piperidine rings is 1. The van der Waals surface area contributed by atoms with Crippen molar-refractivity contribution in [3.63, 3.8) is 0 Å². The van der Waals surface area contributed by atoms with Crippen molar-refractivity contribution in [2.24, 2.45) is 5.10 Å². The second-order valence-electron chi connectivity index (χ2n) is 7.42. The summed E-state index contributed by atoms with van der Waals surface area (Å²) in [4.78, 5) is 15.1. The molecule has 13 heteroatoms. The van der Waals surface area contributed by atoms with Gasteiger partial charge in [0.2, 0.25) is 18.4 Å². The van der Waals surface area contributed by atoms with E-state index in [1.54, 1.807) is 12.1 Å². The van der Waals surface area contributed by atoms with Gasteiger partial charge in [0.1, 0.15) is 0 Å². The summed E-state index contributed by atoms with van der Waals surface area (Å²) in [5.41, 5.74) is 9.73. The molecule has 166 valence electrons. The fourth-order valence-corrected chi connectivity index (χ4v) is 3.67. The highest BCUT2D eigenvalue weighted by molar-refractivity contribution is 5.94. The summed E-state index contributed by atoms with van der Waals surface area (Å²) in [7, 11) is 0. The quantitative estimate of drug-likeness (QED) is 0.414. The Morgan fingerprint density at radius 1 is 1.19 bits per heavy atom. The number of carbonyl (C=O) groups excluding carboxylic acids is 1. The first kappa shape index (κ1) is 19.9. The molecule has 1 fully saturated rings. The molecule has 3 N–H and O–H groups in total. The number of fused-ring (bicyclic) bond motifs is 1. The van der Waals surface area contributed by atoms with E-state index >= 15 is 0 Å². The lowest BCUT2D eigenvalue weighted by molar-refractivity contribution is 0.0947. The number of anilines is 1. The van der Waals surface area contributed by atoms with Crippen LogP contribution in [0.2, 0.25) is 0 Å². The number of nitrogens with zero attached hydrogens (tertiary/aromatic N) is 7. The van der Waals surface area contributed by atoms with Crippen molar-refractivity contribution >= 4 is 17.9 Å². The second kappa shape index (κ2) is 8.63. The van der Waals surface area contributed by atoms with E-state index in [-0.39, 0.29) is 24.1 Å². The van der Waals surface area contributed by atoms with Crippen LogP contribution in [0.5, 0.6) is 11.5 Å². The van der Waals surface area contributed by atoms with Crippen molar-refractivity contribution in [3.05, 3.63) is 35.2 Å². The third-order valence-electron chi connectivity index (χ3n) is 5.27. The molecule has 2 aliphatic rings. The van der Waals surface area contributed by atoms with Crippen LogP contribution in [0.1, 0.15) is 41.0 Å². The van der Waals surface area contributed by atoms with Crippen molar-refractivity contribution in [2.75, 3.05) is 25.6 Å². The smallest absolute Gasteiger partial charge is 0.293 e. The number of hydrogen-bond donors (Lipinski definition) is 2. The van der Waals surface area contributed by atoms with E-state index in [4.69, 9.17) is 15.2 Å². The molecule has 0 spiro atoms. The standard InChI is InChI=1S/C19H21N9O4/c20-17-18(25-32-24-17)28-13(10-27-6-2-1-3-7-27)16(22-26-28)19(29)23-21-9-12-4-5-14-15(8-12)31-11-30-14/h4-5,8-9H,1-3,6-7,10-11H2,(H2,20,24)(H,23,29). The Morgan fingerprint density at radius 3 is 2.84 bits per heavy atom. The van der Waals surface area contributed by atoms with Gasteiger partial charge in [-0.25, -0.2) is 10.1 Å². The number of likely N-dealkylation sites (tertiary alicyclic amines) is 1. The Morgan fingerprint density at radius 2 is 2.03 bits per heavy atom. The van der Waals surface area contributed by atoms with Crippen molar-refractivity contribution in [2.45, 2.75) is 25.8 Å². The van der Waals surface area contributed by atoms with Gasteiger partial charge in [-0.2, -0.15) is 9.78 Å². The fourth-order valence-electron chi connectivity index (χ4n) is 3.67. The van der Waals surface area contributed by atoms with Crippen LogP contribution >= 0.6 is 0 Å². The molecular formula is C19H21N9O4. The number of nitrogen functional groups attached to an aromatic ring is 1. The molecule has 1 amide bonds. The summed E-state index contributed by atoms with van der Waals surface area (Å²) in [5.74, 6) is 1.04. The molecule has 0 aliphatic carbocycles. The van der Waals surface area contributed by atoms with Gasteiger partial charge < -0.3 is 15.2 Å². The van der Waals surface area contributed by atoms with Gasteiger partial charge in [-0.3, -0.25) is 9.69 Å². The van der Waals surface area contributed by atoms with Crippen LogP contribution < -0.4 is 20.6 Å². The van der Waals surface area contributed by atoms with Crippen LogP contribution in [0.15, 0.2) is 27.9 Å². The van der Waals surface area contributed by atoms with Gasteiger partial charge >= 0.3 is 0 Å². The van der Waals surface area contributed by atoms with E-state index in [0.29, 0.717) is 23.7 Å². The van der Waals surface area contributed by atoms with Gasteiger partial charge in [0.25, 0.3) is 5.91 Å². The molecule has 32 heavy (non-hydrogen) atoms. The maximum absolute atomic E-state index is 12.9. The van der Waals surface area contributed by atoms with Gasteiger partial charge in [0.15, 0.2) is 17.2 Å². The molecule has 0 bridgehead atoms. The number of nitrogens with two attached hydrogens (primary N) is 1. The number of nitrogens with one attached hydrogen (secondary N) is 1. The van der Waals surface area contributed by atoms with Crippen LogP contribution in [-0.2, 0) is 6.54 Å². The van der Waals surface area contributed by atoms with Gasteiger partial charge in [-0.15, -0.1) is 5.10 Å². The van der Waals surface area contributed by atoms with Crippen molar-refractivity contribution in [3.8, 4) is 17.3 Å². The number of aromatic nitrogens is 5. The Labute approximate surface area is 182 Å². The lowest BCUT2D eigenvalue weighted by atomic mass is 10.1. The number of benzene rings is 1. The van der Waals surface area contributed by atoms with Gasteiger partial charge in [0.05, 0.1) is 11.9 Å². The highest BCUT2D eigenvalue weighted by Crippen LogP contribution is 2.32. The summed E-state index contributed by atoms with van der Waals surface area (Å²) in [6.07, 6.45) is 4.89. The zero-order valence-corrected chi connectivity index (χ0v) is 17.1. The summed E-state index contributed by atoms with van der Waals surface area (Å²) >= 11 is 0. The number of ether oxygens (including phenoxy) is 2. The molecule has 4 heterocycles. The lowest BCUT2D eigenvalue weighted by Crippen LogP contribution is -2.31. The highest BCUT2D eigenvalue weighted by Gasteiger charge is 2.26. The monoisotopic (exact) mass is 439 g/mol. The van der Waals surface area contributed by atoms with Crippen molar-refractivity contribution in [1.82, 2.24) is 35.6 Å². The second-order valence-corrected chi connectivity index (χ2v) is 7.42. The van der Waals surface area contributed by atoms with Gasteiger partial charge in [-0.1, -0.05) is 11.6 Å². The van der Waals surface area contributed by atoms with Crippen LogP contribution in [-0.4, -0.2) is 62.2 Å². The van der Waals surface area contributed by atoms with E-state index in [1.807, 2.05) is 6.07 Å². The Hall–Kier alpha value is -4.00. The molecule has 5 rings (SSSR count). The zero-order valence-electron chi connectivity index (χ0n) is 17.1. The van der Waals surface area contributed by atoms with Crippen molar-refractivity contribution in [1.29, 1.82) is 0 Å². The molecule has 2 aliphatic heterocycles. The summed E-state index contributed by atoms with van der Waals surface area (Å²) in [6, 6.07) is 5.36. The maximum Gasteiger partial charge on any atom is 0.293 e. The molecule has 0 radical (unpaired) electrons. The van der Waals surface area contributed by atoms with E-state index in [9.17, 15) is 4.79 Å². The first-order valence-electron chi connectivity index (χ1n) is 10.2. The minimum atomic E-state index is -0.504. The molecule has 0 atom stereocenters. The van der Waals surface area contributed by atoms with E-state index in [2.05, 4.69) is 40.7 Å². The summed E-state index contributed by atoms with van der Waals surface area (Å²) in [5, 5.41) is 19.5. The number of amides is 1. The van der Waals surface area contributed by atoms with Crippen LogP contribution in [0, 0.1) is 0 Å². The lowest BCUT2D eigenvalue weighted by Gasteiger charge is -2.26. The summed E-state index contributed by atoms with van der Waals surface area (Å²) < 4.78 is 16.7. The minimum Gasteiger partial charge on any atom is -0.454 e. The van der Waals surface area contributed by atoms with E-state index < -0.39 is 5.91 Å². The van der Waals surface area contributed by atoms with Crippen LogP contribution in [0.3, 0.4) is 0 Å². The average molecular weight is 439 g/mol. The molecule has 0 unspecified atom stereocenters. The Balaban J connectivity index is 1.36. The number of hydrazone groups is 1. The van der Waals surface area contributed by atoms with Crippen molar-refractivity contribution < 1.29 is 18.9 Å². The third-order valence-corrected chi connectivity index (χ3v) is 5.27. The molecular weight excluding hydrogens is 418 g/mol. The normalized spacial score (nSPS) is 16.0. The fraction of sp³-hybridized carbons (Fsp3) is 0.368.